The fourth-order valence-electron chi connectivity index (χ4n) is 3.35. The van der Waals surface area contributed by atoms with Gasteiger partial charge in [-0.15, -0.1) is 0 Å². The minimum absolute atomic E-state index is 0.000845. The van der Waals surface area contributed by atoms with Crippen molar-refractivity contribution in [3.05, 3.63) is 51.9 Å². The number of anilines is 1. The highest BCUT2D eigenvalue weighted by Crippen LogP contribution is 2.40. The van der Waals surface area contributed by atoms with Crippen LogP contribution in [-0.2, 0) is 0 Å². The van der Waals surface area contributed by atoms with Gasteiger partial charge in [-0.1, -0.05) is 6.07 Å². The molecule has 2 fully saturated rings. The molecule has 1 aliphatic heterocycles. The third kappa shape index (κ3) is 3.54. The number of carbonyl (C=O) groups excluding carboxylic acids is 1. The fraction of sp³-hybridized carbons (Fsp3) is 0.421. The van der Waals surface area contributed by atoms with Crippen LogP contribution in [0, 0.1) is 6.92 Å². The molecule has 2 aliphatic rings. The van der Waals surface area contributed by atoms with E-state index in [0.29, 0.717) is 18.8 Å². The molecule has 2 aromatic heterocycles. The Morgan fingerprint density at radius 2 is 1.88 bits per heavy atom. The molecule has 4 rings (SSSR count). The maximum Gasteiger partial charge on any atom is 0.272 e. The lowest BCUT2D eigenvalue weighted by Crippen LogP contribution is -2.49. The first-order chi connectivity index (χ1) is 12.1. The van der Waals surface area contributed by atoms with Gasteiger partial charge in [0.15, 0.2) is 0 Å². The molecular formula is C19H21BrN4O. The molecule has 5 nitrogen and oxygen atoms in total. The molecule has 0 unspecified atom stereocenters. The van der Waals surface area contributed by atoms with E-state index in [1.54, 1.807) is 12.3 Å². The fourth-order valence-corrected chi connectivity index (χ4v) is 3.58. The first-order valence-electron chi connectivity index (χ1n) is 8.74. The average molecular weight is 401 g/mol. The highest BCUT2D eigenvalue weighted by molar-refractivity contribution is 9.10. The van der Waals surface area contributed by atoms with Gasteiger partial charge in [-0.3, -0.25) is 4.79 Å². The van der Waals surface area contributed by atoms with Gasteiger partial charge in [-0.2, -0.15) is 0 Å². The van der Waals surface area contributed by atoms with Crippen molar-refractivity contribution >= 4 is 27.7 Å². The molecular weight excluding hydrogens is 380 g/mol. The standard InChI is InChI=1S/C19H21BrN4O/c1-13-10-15(14-2-3-14)11-22-18(13)23-6-8-24(9-7-23)19(25)17-5-4-16(20)12-21-17/h4-5,10-12,14H,2-3,6-9H2,1H3. The van der Waals surface area contributed by atoms with Crippen LogP contribution < -0.4 is 4.90 Å². The van der Waals surface area contributed by atoms with Crippen LogP contribution in [0.25, 0.3) is 0 Å². The molecule has 0 atom stereocenters. The molecule has 25 heavy (non-hydrogen) atoms. The number of amides is 1. The van der Waals surface area contributed by atoms with Crippen molar-refractivity contribution in [2.45, 2.75) is 25.7 Å². The van der Waals surface area contributed by atoms with Crippen molar-refractivity contribution < 1.29 is 4.79 Å². The number of halogens is 1. The summed E-state index contributed by atoms with van der Waals surface area (Å²) in [6.07, 6.45) is 6.29. The van der Waals surface area contributed by atoms with Crippen molar-refractivity contribution in [1.82, 2.24) is 14.9 Å². The second-order valence-electron chi connectivity index (χ2n) is 6.82. The molecule has 0 aromatic carbocycles. The van der Waals surface area contributed by atoms with E-state index in [0.717, 1.165) is 29.3 Å². The van der Waals surface area contributed by atoms with Crippen LogP contribution in [0.3, 0.4) is 0 Å². The third-order valence-electron chi connectivity index (χ3n) is 4.93. The van der Waals surface area contributed by atoms with E-state index < -0.39 is 0 Å². The monoisotopic (exact) mass is 400 g/mol. The van der Waals surface area contributed by atoms with Crippen LogP contribution in [0.2, 0.25) is 0 Å². The minimum atomic E-state index is 0.000845. The van der Waals surface area contributed by atoms with Gasteiger partial charge in [0, 0.05) is 43.0 Å². The summed E-state index contributed by atoms with van der Waals surface area (Å²) >= 11 is 3.35. The van der Waals surface area contributed by atoms with Crippen LogP contribution in [0.4, 0.5) is 5.82 Å². The number of aromatic nitrogens is 2. The normalized spacial score (nSPS) is 17.7. The number of nitrogens with zero attached hydrogens (tertiary/aromatic N) is 4. The Hall–Kier alpha value is -1.95. The highest BCUT2D eigenvalue weighted by atomic mass is 79.9. The van der Waals surface area contributed by atoms with Gasteiger partial charge in [0.25, 0.3) is 5.91 Å². The smallest absolute Gasteiger partial charge is 0.272 e. The largest absolute Gasteiger partial charge is 0.353 e. The van der Waals surface area contributed by atoms with Crippen LogP contribution in [0.1, 0.15) is 40.4 Å². The SMILES string of the molecule is Cc1cc(C2CC2)cnc1N1CCN(C(=O)c2ccc(Br)cn2)CC1. The van der Waals surface area contributed by atoms with Crippen molar-refractivity contribution in [2.75, 3.05) is 31.1 Å². The van der Waals surface area contributed by atoms with Gasteiger partial charge in [-0.25, -0.2) is 9.97 Å². The second kappa shape index (κ2) is 6.75. The van der Waals surface area contributed by atoms with E-state index in [1.807, 2.05) is 17.2 Å². The first-order valence-corrected chi connectivity index (χ1v) is 9.53. The maximum atomic E-state index is 12.6. The van der Waals surface area contributed by atoms with E-state index in [9.17, 15) is 4.79 Å². The third-order valence-corrected chi connectivity index (χ3v) is 5.40. The molecule has 1 amide bonds. The van der Waals surface area contributed by atoms with Crippen LogP contribution in [-0.4, -0.2) is 47.0 Å². The van der Waals surface area contributed by atoms with E-state index in [2.05, 4.69) is 38.8 Å². The Labute approximate surface area is 156 Å². The van der Waals surface area contributed by atoms with Crippen molar-refractivity contribution in [1.29, 1.82) is 0 Å². The summed E-state index contributed by atoms with van der Waals surface area (Å²) in [4.78, 5) is 25.6. The zero-order valence-corrected chi connectivity index (χ0v) is 15.9. The molecule has 130 valence electrons. The quantitative estimate of drug-likeness (QED) is 0.791. The molecule has 0 spiro atoms. The number of hydrogen-bond donors (Lipinski definition) is 0. The summed E-state index contributed by atoms with van der Waals surface area (Å²) in [5.74, 6) is 1.78. The zero-order valence-electron chi connectivity index (χ0n) is 14.3. The van der Waals surface area contributed by atoms with E-state index in [-0.39, 0.29) is 5.91 Å². The number of pyridine rings is 2. The van der Waals surface area contributed by atoms with Crippen LogP contribution >= 0.6 is 15.9 Å². The predicted octanol–water partition coefficient (Wildman–Crippen LogP) is 3.39. The van der Waals surface area contributed by atoms with E-state index in [4.69, 9.17) is 4.98 Å². The molecule has 1 saturated carbocycles. The lowest BCUT2D eigenvalue weighted by Gasteiger charge is -2.36. The molecule has 1 aliphatic carbocycles. The van der Waals surface area contributed by atoms with Gasteiger partial charge in [0.1, 0.15) is 11.5 Å². The van der Waals surface area contributed by atoms with Crippen molar-refractivity contribution in [2.24, 2.45) is 0 Å². The lowest BCUT2D eigenvalue weighted by atomic mass is 10.1. The molecule has 0 bridgehead atoms. The number of rotatable bonds is 3. The van der Waals surface area contributed by atoms with Gasteiger partial charge in [0.2, 0.25) is 0 Å². The Balaban J connectivity index is 1.41. The Morgan fingerprint density at radius 3 is 2.48 bits per heavy atom. The summed E-state index contributed by atoms with van der Waals surface area (Å²) < 4.78 is 0.880. The maximum absolute atomic E-state index is 12.6. The second-order valence-corrected chi connectivity index (χ2v) is 7.74. The van der Waals surface area contributed by atoms with Gasteiger partial charge in [0.05, 0.1) is 0 Å². The Bertz CT molecular complexity index is 781. The minimum Gasteiger partial charge on any atom is -0.353 e. The van der Waals surface area contributed by atoms with Crippen molar-refractivity contribution in [3.8, 4) is 0 Å². The van der Waals surface area contributed by atoms with Gasteiger partial charge >= 0.3 is 0 Å². The molecule has 0 radical (unpaired) electrons. The molecule has 6 heteroatoms. The van der Waals surface area contributed by atoms with E-state index >= 15 is 0 Å². The zero-order chi connectivity index (χ0) is 17.4. The Morgan fingerprint density at radius 1 is 1.12 bits per heavy atom. The van der Waals surface area contributed by atoms with Crippen LogP contribution in [0.5, 0.6) is 0 Å². The molecule has 3 heterocycles. The molecule has 0 N–H and O–H groups in total. The topological polar surface area (TPSA) is 49.3 Å². The predicted molar refractivity (Wildman–Crippen MR) is 101 cm³/mol. The Kier molecular flexibility index (Phi) is 4.46. The number of hydrogen-bond acceptors (Lipinski definition) is 4. The van der Waals surface area contributed by atoms with Gasteiger partial charge in [-0.05, 0) is 64.9 Å². The van der Waals surface area contributed by atoms with Crippen LogP contribution in [0.15, 0.2) is 35.1 Å². The highest BCUT2D eigenvalue weighted by Gasteiger charge is 2.27. The number of carbonyl (C=O) groups is 1. The summed E-state index contributed by atoms with van der Waals surface area (Å²) in [5.41, 5.74) is 3.11. The summed E-state index contributed by atoms with van der Waals surface area (Å²) in [6, 6.07) is 5.90. The average Bonchev–Trinajstić information content (AvgIpc) is 3.47. The number of aryl methyl sites for hydroxylation is 1. The molecule has 1 saturated heterocycles. The van der Waals surface area contributed by atoms with E-state index in [1.165, 1.54) is 24.0 Å². The molecule has 2 aromatic rings. The number of piperazine rings is 1. The van der Waals surface area contributed by atoms with Crippen molar-refractivity contribution in [3.63, 3.8) is 0 Å². The summed E-state index contributed by atoms with van der Waals surface area (Å²) in [7, 11) is 0. The lowest BCUT2D eigenvalue weighted by molar-refractivity contribution is 0.0740. The first kappa shape index (κ1) is 16.5. The summed E-state index contributed by atoms with van der Waals surface area (Å²) in [6.45, 7) is 5.14. The summed E-state index contributed by atoms with van der Waals surface area (Å²) in [5, 5.41) is 0. The van der Waals surface area contributed by atoms with Gasteiger partial charge < -0.3 is 9.80 Å².